The second-order valence-electron chi connectivity index (χ2n) is 7.98. The van der Waals surface area contributed by atoms with E-state index in [1.807, 2.05) is 6.07 Å². The van der Waals surface area contributed by atoms with Gasteiger partial charge in [0, 0.05) is 42.8 Å². The number of para-hydroxylation sites is 1. The van der Waals surface area contributed by atoms with Gasteiger partial charge >= 0.3 is 0 Å². The van der Waals surface area contributed by atoms with Crippen molar-refractivity contribution in [3.05, 3.63) is 60.7 Å². The zero-order valence-electron chi connectivity index (χ0n) is 19.7. The van der Waals surface area contributed by atoms with Crippen molar-refractivity contribution in [3.8, 4) is 11.3 Å². The molecule has 2 aromatic carbocycles. The number of aromatic nitrogens is 1. The highest BCUT2D eigenvalue weighted by Crippen LogP contribution is 2.24. The topological polar surface area (TPSA) is 22.6 Å². The Kier molecular flexibility index (Phi) is 8.86. The normalized spacial score (nSPS) is 11.5. The minimum Gasteiger partial charge on any atom is -0.369 e. The van der Waals surface area contributed by atoms with Gasteiger partial charge in [0.15, 0.2) is 0 Å². The number of likely N-dealkylation sites (N-methyl/N-ethyl adjacent to an activating group) is 2. The van der Waals surface area contributed by atoms with Crippen LogP contribution in [0.25, 0.3) is 22.2 Å². The number of rotatable bonds is 12. The third-order valence-electron chi connectivity index (χ3n) is 6.29. The Morgan fingerprint density at radius 2 is 1.19 bits per heavy atom. The highest BCUT2D eigenvalue weighted by atomic mass is 15.2. The first-order valence-corrected chi connectivity index (χ1v) is 11.8. The number of benzene rings is 2. The van der Waals surface area contributed by atoms with Gasteiger partial charge in [-0.2, -0.15) is 0 Å². The molecule has 0 aliphatic carbocycles. The molecule has 3 aromatic rings. The maximum atomic E-state index is 4.86. The minimum atomic E-state index is 1.03. The van der Waals surface area contributed by atoms with Crippen LogP contribution in [0, 0.1) is 0 Å². The highest BCUT2D eigenvalue weighted by Gasteiger charge is 2.11. The van der Waals surface area contributed by atoms with Gasteiger partial charge in [-0.15, -0.1) is 0 Å². The number of pyridine rings is 1. The highest BCUT2D eigenvalue weighted by molar-refractivity contribution is 5.81. The van der Waals surface area contributed by atoms with Crippen LogP contribution >= 0.6 is 0 Å². The lowest BCUT2D eigenvalue weighted by Crippen LogP contribution is -2.39. The Balaban J connectivity index is 1.77. The molecule has 0 amide bonds. The molecule has 0 radical (unpaired) electrons. The Morgan fingerprint density at radius 1 is 0.613 bits per heavy atom. The summed E-state index contributed by atoms with van der Waals surface area (Å²) < 4.78 is 0. The summed E-state index contributed by atoms with van der Waals surface area (Å²) in [7, 11) is 0. The van der Waals surface area contributed by atoms with E-state index in [4.69, 9.17) is 4.98 Å². The van der Waals surface area contributed by atoms with Gasteiger partial charge in [-0.05, 0) is 50.4 Å². The number of hydrogen-bond donors (Lipinski definition) is 0. The molecule has 0 aliphatic rings. The van der Waals surface area contributed by atoms with Crippen molar-refractivity contribution in [2.75, 3.05) is 57.3 Å². The van der Waals surface area contributed by atoms with Crippen molar-refractivity contribution < 1.29 is 0 Å². The van der Waals surface area contributed by atoms with Gasteiger partial charge in [0.2, 0.25) is 0 Å². The molecule has 0 N–H and O–H groups in total. The SMILES string of the molecule is CCN(CC)CCN(CCN(CC)CC)c1ccc(-c2ccc3ccccc3n2)cc1. The first-order chi connectivity index (χ1) is 15.2. The van der Waals surface area contributed by atoms with Crippen LogP contribution in [0.15, 0.2) is 60.7 Å². The predicted molar refractivity (Wildman–Crippen MR) is 135 cm³/mol. The number of hydrogen-bond acceptors (Lipinski definition) is 4. The average Bonchev–Trinajstić information content (AvgIpc) is 2.83. The molecule has 4 nitrogen and oxygen atoms in total. The van der Waals surface area contributed by atoms with Gasteiger partial charge in [-0.3, -0.25) is 0 Å². The second kappa shape index (κ2) is 11.8. The molecule has 0 aliphatic heterocycles. The monoisotopic (exact) mass is 418 g/mol. The fraction of sp³-hybridized carbons (Fsp3) is 0.444. The molecule has 1 heterocycles. The molecular formula is C27H38N4. The number of fused-ring (bicyclic) bond motifs is 1. The standard InChI is InChI=1S/C27H38N4/c1-5-29(6-2)19-21-31(22-20-30(7-3)8-4)25-16-13-24(14-17-25)27-18-15-23-11-9-10-12-26(23)28-27/h9-18H,5-8,19-22H2,1-4H3. The van der Waals surface area contributed by atoms with E-state index in [1.54, 1.807) is 0 Å². The lowest BCUT2D eigenvalue weighted by molar-refractivity contribution is 0.294. The Bertz CT molecular complexity index is 898. The maximum Gasteiger partial charge on any atom is 0.0709 e. The van der Waals surface area contributed by atoms with Crippen molar-refractivity contribution >= 4 is 16.6 Å². The molecule has 0 spiro atoms. The molecule has 0 fully saturated rings. The van der Waals surface area contributed by atoms with E-state index in [2.05, 4.69) is 97.0 Å². The summed E-state index contributed by atoms with van der Waals surface area (Å²) in [6.07, 6.45) is 0. The van der Waals surface area contributed by atoms with Crippen LogP contribution in [0.1, 0.15) is 27.7 Å². The van der Waals surface area contributed by atoms with Gasteiger partial charge in [0.1, 0.15) is 0 Å². The van der Waals surface area contributed by atoms with E-state index < -0.39 is 0 Å². The van der Waals surface area contributed by atoms with Crippen LogP contribution in [0.3, 0.4) is 0 Å². The largest absolute Gasteiger partial charge is 0.369 e. The van der Waals surface area contributed by atoms with Crippen molar-refractivity contribution in [2.45, 2.75) is 27.7 Å². The summed E-state index contributed by atoms with van der Waals surface area (Å²) in [5.41, 5.74) is 4.54. The number of nitrogens with zero attached hydrogens (tertiary/aromatic N) is 4. The molecular weight excluding hydrogens is 380 g/mol. The molecule has 0 saturated heterocycles. The van der Waals surface area contributed by atoms with Crippen molar-refractivity contribution in [2.24, 2.45) is 0 Å². The Hall–Kier alpha value is -2.43. The molecule has 0 saturated carbocycles. The summed E-state index contributed by atoms with van der Waals surface area (Å²) in [4.78, 5) is 12.4. The minimum absolute atomic E-state index is 1.03. The zero-order valence-corrected chi connectivity index (χ0v) is 19.7. The van der Waals surface area contributed by atoms with E-state index in [0.717, 1.165) is 63.6 Å². The second-order valence-corrected chi connectivity index (χ2v) is 7.98. The molecule has 0 bridgehead atoms. The van der Waals surface area contributed by atoms with E-state index in [1.165, 1.54) is 16.6 Å². The average molecular weight is 419 g/mol. The molecule has 0 unspecified atom stereocenters. The van der Waals surface area contributed by atoms with Gasteiger partial charge < -0.3 is 14.7 Å². The maximum absolute atomic E-state index is 4.86. The van der Waals surface area contributed by atoms with Gasteiger partial charge in [-0.25, -0.2) is 4.98 Å². The van der Waals surface area contributed by atoms with E-state index in [9.17, 15) is 0 Å². The van der Waals surface area contributed by atoms with Gasteiger partial charge in [0.05, 0.1) is 11.2 Å². The first kappa shape index (κ1) is 23.2. The lowest BCUT2D eigenvalue weighted by Gasteiger charge is -2.30. The third kappa shape index (κ3) is 6.28. The zero-order chi connectivity index (χ0) is 22.1. The lowest BCUT2D eigenvalue weighted by atomic mass is 10.1. The molecule has 0 atom stereocenters. The van der Waals surface area contributed by atoms with Crippen LogP contribution in [0.2, 0.25) is 0 Å². The van der Waals surface area contributed by atoms with E-state index in [0.29, 0.717) is 0 Å². The van der Waals surface area contributed by atoms with Crippen molar-refractivity contribution in [1.29, 1.82) is 0 Å². The third-order valence-corrected chi connectivity index (χ3v) is 6.29. The molecule has 4 heteroatoms. The Labute approximate surface area is 188 Å². The van der Waals surface area contributed by atoms with E-state index >= 15 is 0 Å². The van der Waals surface area contributed by atoms with Crippen LogP contribution in [-0.4, -0.2) is 67.1 Å². The summed E-state index contributed by atoms with van der Waals surface area (Å²) in [5.74, 6) is 0. The predicted octanol–water partition coefficient (Wildman–Crippen LogP) is 5.39. The summed E-state index contributed by atoms with van der Waals surface area (Å²) in [5, 5.41) is 1.18. The molecule has 166 valence electrons. The summed E-state index contributed by atoms with van der Waals surface area (Å²) in [6.45, 7) is 17.7. The first-order valence-electron chi connectivity index (χ1n) is 11.8. The quantitative estimate of drug-likeness (QED) is 0.393. The molecule has 31 heavy (non-hydrogen) atoms. The van der Waals surface area contributed by atoms with Gasteiger partial charge in [0.25, 0.3) is 0 Å². The summed E-state index contributed by atoms with van der Waals surface area (Å²) in [6, 6.07) is 21.5. The van der Waals surface area contributed by atoms with Crippen molar-refractivity contribution in [3.63, 3.8) is 0 Å². The smallest absolute Gasteiger partial charge is 0.0709 e. The fourth-order valence-electron chi connectivity index (χ4n) is 4.04. The summed E-state index contributed by atoms with van der Waals surface area (Å²) >= 11 is 0. The number of anilines is 1. The van der Waals surface area contributed by atoms with Gasteiger partial charge in [-0.1, -0.05) is 64.1 Å². The molecule has 3 rings (SSSR count). The van der Waals surface area contributed by atoms with Crippen molar-refractivity contribution in [1.82, 2.24) is 14.8 Å². The van der Waals surface area contributed by atoms with E-state index in [-0.39, 0.29) is 0 Å². The van der Waals surface area contributed by atoms with Crippen LogP contribution in [-0.2, 0) is 0 Å². The fourth-order valence-corrected chi connectivity index (χ4v) is 4.04. The van der Waals surface area contributed by atoms with Crippen LogP contribution < -0.4 is 4.90 Å². The molecule has 1 aromatic heterocycles. The van der Waals surface area contributed by atoms with Crippen LogP contribution in [0.5, 0.6) is 0 Å². The Morgan fingerprint density at radius 3 is 1.77 bits per heavy atom. The van der Waals surface area contributed by atoms with Crippen LogP contribution in [0.4, 0.5) is 5.69 Å².